The Hall–Kier alpha value is -2.81. The Labute approximate surface area is 160 Å². The van der Waals surface area contributed by atoms with Crippen molar-refractivity contribution < 1.29 is 14.3 Å². The molecule has 1 aromatic carbocycles. The van der Waals surface area contributed by atoms with E-state index >= 15 is 0 Å². The van der Waals surface area contributed by atoms with Crippen LogP contribution in [-0.2, 0) is 16.6 Å². The number of benzene rings is 1. The highest BCUT2D eigenvalue weighted by molar-refractivity contribution is 7.99. The molecule has 27 heavy (non-hydrogen) atoms. The monoisotopic (exact) mass is 388 g/mol. The van der Waals surface area contributed by atoms with Gasteiger partial charge in [-0.15, -0.1) is 0 Å². The van der Waals surface area contributed by atoms with Gasteiger partial charge in [0.1, 0.15) is 0 Å². The number of nitrogens with zero attached hydrogens (tertiary/aromatic N) is 2. The van der Waals surface area contributed by atoms with Crippen molar-refractivity contribution in [3.63, 3.8) is 0 Å². The van der Waals surface area contributed by atoms with Crippen molar-refractivity contribution in [3.05, 3.63) is 45.9 Å². The number of esters is 1. The maximum absolute atomic E-state index is 12.5. The van der Waals surface area contributed by atoms with Gasteiger partial charge >= 0.3 is 12.0 Å². The third kappa shape index (κ3) is 3.82. The van der Waals surface area contributed by atoms with E-state index in [1.807, 2.05) is 6.07 Å². The highest BCUT2D eigenvalue weighted by Gasteiger charge is 2.29. The van der Waals surface area contributed by atoms with E-state index in [1.54, 1.807) is 39.1 Å². The minimum Gasteiger partial charge on any atom is -0.463 e. The Bertz CT molecular complexity index is 999. The maximum Gasteiger partial charge on any atom is 0.337 e. The molecule has 1 aliphatic heterocycles. The first-order chi connectivity index (χ1) is 12.9. The van der Waals surface area contributed by atoms with Crippen LogP contribution < -0.4 is 16.2 Å². The second-order valence-corrected chi connectivity index (χ2v) is 6.94. The van der Waals surface area contributed by atoms with Crippen LogP contribution in [0.25, 0.3) is 10.9 Å². The van der Waals surface area contributed by atoms with Crippen LogP contribution in [0.15, 0.2) is 45.5 Å². The Balaban J connectivity index is 1.94. The Morgan fingerprint density at radius 2 is 2.07 bits per heavy atom. The molecule has 0 bridgehead atoms. The summed E-state index contributed by atoms with van der Waals surface area (Å²) in [6.07, 6.45) is 0. The van der Waals surface area contributed by atoms with Crippen molar-refractivity contribution in [2.75, 3.05) is 12.4 Å². The number of rotatable bonds is 5. The highest BCUT2D eigenvalue weighted by atomic mass is 32.2. The first-order valence-electron chi connectivity index (χ1n) is 8.48. The van der Waals surface area contributed by atoms with E-state index < -0.39 is 12.0 Å². The second kappa shape index (κ2) is 7.83. The lowest BCUT2D eigenvalue weighted by Crippen LogP contribution is -2.49. The first-order valence-corrected chi connectivity index (χ1v) is 9.47. The molecule has 0 radical (unpaired) electrons. The number of nitrogens with one attached hydrogen (secondary N) is 2. The van der Waals surface area contributed by atoms with E-state index in [2.05, 4.69) is 15.6 Å². The predicted molar refractivity (Wildman–Crippen MR) is 102 cm³/mol. The van der Waals surface area contributed by atoms with E-state index in [-0.39, 0.29) is 24.0 Å². The Morgan fingerprint density at radius 1 is 1.33 bits per heavy atom. The number of carbonyl (C=O) groups is 2. The third-order valence-corrected chi connectivity index (χ3v) is 5.21. The number of carbonyl (C=O) groups excluding carboxylic acids is 2. The minimum atomic E-state index is -0.478. The molecule has 8 nitrogen and oxygen atoms in total. The number of aromatic nitrogens is 2. The number of urea groups is 1. The number of thioether (sulfide) groups is 1. The number of ether oxygens (including phenoxy) is 1. The van der Waals surface area contributed by atoms with E-state index in [1.165, 1.54) is 16.3 Å². The van der Waals surface area contributed by atoms with Crippen molar-refractivity contribution in [2.45, 2.75) is 25.0 Å². The molecule has 1 unspecified atom stereocenters. The van der Waals surface area contributed by atoms with Crippen molar-refractivity contribution in [1.29, 1.82) is 0 Å². The minimum absolute atomic E-state index is 0.148. The molecule has 2 amide bonds. The molecule has 1 aliphatic rings. The van der Waals surface area contributed by atoms with Gasteiger partial charge in [0.15, 0.2) is 5.16 Å². The molecule has 0 aliphatic carbocycles. The van der Waals surface area contributed by atoms with Crippen LogP contribution in [0, 0.1) is 0 Å². The fraction of sp³-hybridized carbons (Fsp3) is 0.333. The molecule has 0 saturated heterocycles. The van der Waals surface area contributed by atoms with Crippen LogP contribution in [0.5, 0.6) is 0 Å². The van der Waals surface area contributed by atoms with Gasteiger partial charge < -0.3 is 15.4 Å². The largest absolute Gasteiger partial charge is 0.463 e. The number of fused-ring (bicyclic) bond motifs is 1. The van der Waals surface area contributed by atoms with Gasteiger partial charge in [-0.05, 0) is 26.0 Å². The van der Waals surface area contributed by atoms with Gasteiger partial charge in [-0.1, -0.05) is 23.9 Å². The van der Waals surface area contributed by atoms with Crippen molar-refractivity contribution in [3.8, 4) is 0 Å². The van der Waals surface area contributed by atoms with Crippen molar-refractivity contribution >= 4 is 34.7 Å². The Kier molecular flexibility index (Phi) is 5.50. The molecule has 2 N–H and O–H groups in total. The normalized spacial score (nSPS) is 16.9. The number of hydrogen-bond acceptors (Lipinski definition) is 6. The average Bonchev–Trinajstić information content (AvgIpc) is 2.63. The standard InChI is InChI=1S/C18H20N4O4S/c1-4-26-16(24)14-10(2)19-17(25)20-13(14)9-27-18-21-12-8-6-5-7-11(12)15(23)22(18)3/h5-8,10H,4,9H2,1-3H3,(H2,19,20,25). The molecular weight excluding hydrogens is 368 g/mol. The lowest BCUT2D eigenvalue weighted by molar-refractivity contribution is -0.138. The summed E-state index contributed by atoms with van der Waals surface area (Å²) < 4.78 is 6.56. The van der Waals surface area contributed by atoms with Crippen molar-refractivity contribution in [2.24, 2.45) is 7.05 Å². The molecule has 142 valence electrons. The van der Waals surface area contributed by atoms with Crippen LogP contribution in [-0.4, -0.2) is 40.0 Å². The molecule has 0 saturated carbocycles. The van der Waals surface area contributed by atoms with Gasteiger partial charge in [0, 0.05) is 18.5 Å². The molecule has 0 fully saturated rings. The third-order valence-electron chi connectivity index (χ3n) is 4.15. The summed E-state index contributed by atoms with van der Waals surface area (Å²) in [6.45, 7) is 3.69. The molecule has 0 spiro atoms. The van der Waals surface area contributed by atoms with Crippen LogP contribution in [0.1, 0.15) is 13.8 Å². The maximum atomic E-state index is 12.5. The molecule has 1 aromatic heterocycles. The molecule has 9 heteroatoms. The van der Waals surface area contributed by atoms with Gasteiger partial charge in [-0.3, -0.25) is 9.36 Å². The zero-order valence-electron chi connectivity index (χ0n) is 15.2. The molecule has 3 rings (SSSR count). The van der Waals surface area contributed by atoms with Crippen LogP contribution in [0.3, 0.4) is 0 Å². The van der Waals surface area contributed by atoms with E-state index in [0.717, 1.165) is 0 Å². The topological polar surface area (TPSA) is 102 Å². The van der Waals surface area contributed by atoms with Gasteiger partial charge in [0.25, 0.3) is 5.56 Å². The van der Waals surface area contributed by atoms with Crippen LogP contribution >= 0.6 is 11.8 Å². The van der Waals surface area contributed by atoms with Crippen molar-refractivity contribution in [1.82, 2.24) is 20.2 Å². The lowest BCUT2D eigenvalue weighted by atomic mass is 10.1. The van der Waals surface area contributed by atoms with E-state index in [9.17, 15) is 14.4 Å². The van der Waals surface area contributed by atoms with E-state index in [4.69, 9.17) is 4.74 Å². The zero-order valence-corrected chi connectivity index (χ0v) is 16.1. The molecule has 2 aromatic rings. The van der Waals surface area contributed by atoms with Gasteiger partial charge in [0.2, 0.25) is 0 Å². The fourth-order valence-corrected chi connectivity index (χ4v) is 3.80. The average molecular weight is 388 g/mol. The smallest absolute Gasteiger partial charge is 0.337 e. The van der Waals surface area contributed by atoms with Crippen LogP contribution in [0.4, 0.5) is 4.79 Å². The number of hydrogen-bond donors (Lipinski definition) is 2. The summed E-state index contributed by atoms with van der Waals surface area (Å²) in [5, 5.41) is 6.36. The summed E-state index contributed by atoms with van der Waals surface area (Å²) in [4.78, 5) is 41.1. The van der Waals surface area contributed by atoms with Gasteiger partial charge in [0.05, 0.1) is 29.1 Å². The quantitative estimate of drug-likeness (QED) is 0.458. The first kappa shape index (κ1) is 19.0. The Morgan fingerprint density at radius 3 is 2.81 bits per heavy atom. The molecular formula is C18H20N4O4S. The highest BCUT2D eigenvalue weighted by Crippen LogP contribution is 2.23. The summed E-state index contributed by atoms with van der Waals surface area (Å²) >= 11 is 1.27. The van der Waals surface area contributed by atoms with Crippen LogP contribution in [0.2, 0.25) is 0 Å². The molecule has 1 atom stereocenters. The van der Waals surface area contributed by atoms with E-state index in [0.29, 0.717) is 27.3 Å². The predicted octanol–water partition coefficient (Wildman–Crippen LogP) is 1.54. The number of amides is 2. The SMILES string of the molecule is CCOC(=O)C1=C(CSc2nc3ccccc3c(=O)n2C)NC(=O)NC1C. The summed E-state index contributed by atoms with van der Waals surface area (Å²) in [5.41, 5.74) is 1.28. The van der Waals surface area contributed by atoms with Gasteiger partial charge in [-0.25, -0.2) is 14.6 Å². The molecule has 2 heterocycles. The summed E-state index contributed by atoms with van der Waals surface area (Å²) in [6, 6.07) is 6.27. The second-order valence-electron chi connectivity index (χ2n) is 6.00. The fourth-order valence-electron chi connectivity index (χ4n) is 2.86. The van der Waals surface area contributed by atoms with Gasteiger partial charge in [-0.2, -0.15) is 0 Å². The zero-order chi connectivity index (χ0) is 19.6. The summed E-state index contributed by atoms with van der Waals surface area (Å²) in [7, 11) is 1.65. The number of para-hydroxylation sites is 1. The summed E-state index contributed by atoms with van der Waals surface area (Å²) in [5.74, 6) is -0.210. The lowest BCUT2D eigenvalue weighted by Gasteiger charge is -2.26.